The molecular weight excluding hydrogens is 422 g/mol. The molecule has 2 aromatic heterocycles. The Morgan fingerprint density at radius 3 is 2.24 bits per heavy atom. The molecule has 34 heavy (non-hydrogen) atoms. The normalized spacial score (nSPS) is 13.7. The standard InChI is InChI=1S/C29H27N3O2/c33-29(32-14-16-34-17-15-32)24-8-3-7-22(18-24)27-11-2-1-6-23(27)19-28(25-9-4-12-30-20-25)26-10-5-13-31-21-26/h1-13,18,20-21,28H,14-17,19H2. The van der Waals surface area contributed by atoms with E-state index in [0.717, 1.165) is 28.7 Å². The van der Waals surface area contributed by atoms with Crippen molar-refractivity contribution >= 4 is 5.91 Å². The Balaban J connectivity index is 1.48. The molecule has 1 aliphatic heterocycles. The van der Waals surface area contributed by atoms with E-state index in [-0.39, 0.29) is 11.8 Å². The molecule has 5 heteroatoms. The van der Waals surface area contributed by atoms with Crippen LogP contribution in [0.25, 0.3) is 11.1 Å². The summed E-state index contributed by atoms with van der Waals surface area (Å²) in [5.41, 5.74) is 6.42. The number of pyridine rings is 2. The molecule has 0 atom stereocenters. The molecule has 1 saturated heterocycles. The fourth-order valence-electron chi connectivity index (χ4n) is 4.56. The largest absolute Gasteiger partial charge is 0.378 e. The Hall–Kier alpha value is -3.83. The van der Waals surface area contributed by atoms with Crippen LogP contribution in [0.4, 0.5) is 0 Å². The first kappa shape index (κ1) is 22.0. The number of morpholine rings is 1. The second-order valence-corrected chi connectivity index (χ2v) is 8.47. The average molecular weight is 450 g/mol. The molecule has 0 N–H and O–H groups in total. The molecule has 0 saturated carbocycles. The molecule has 5 rings (SSSR count). The summed E-state index contributed by atoms with van der Waals surface area (Å²) in [4.78, 5) is 23.7. The van der Waals surface area contributed by atoms with Crippen LogP contribution in [0.5, 0.6) is 0 Å². The molecule has 2 aromatic carbocycles. The maximum absolute atomic E-state index is 13.1. The Labute approximate surface area is 200 Å². The fraction of sp³-hybridized carbons (Fsp3) is 0.207. The van der Waals surface area contributed by atoms with Crippen molar-refractivity contribution in [2.45, 2.75) is 12.3 Å². The summed E-state index contributed by atoms with van der Waals surface area (Å²) in [5, 5.41) is 0. The molecule has 0 aliphatic carbocycles. The minimum absolute atomic E-state index is 0.0613. The molecule has 1 amide bonds. The predicted molar refractivity (Wildman–Crippen MR) is 133 cm³/mol. The van der Waals surface area contributed by atoms with E-state index < -0.39 is 0 Å². The monoisotopic (exact) mass is 449 g/mol. The molecule has 0 radical (unpaired) electrons. The van der Waals surface area contributed by atoms with Crippen molar-refractivity contribution < 1.29 is 9.53 Å². The number of benzene rings is 2. The number of hydrogen-bond donors (Lipinski definition) is 0. The summed E-state index contributed by atoms with van der Waals surface area (Å²) >= 11 is 0. The maximum Gasteiger partial charge on any atom is 0.254 e. The lowest BCUT2D eigenvalue weighted by Gasteiger charge is -2.27. The van der Waals surface area contributed by atoms with Crippen LogP contribution in [0.2, 0.25) is 0 Å². The SMILES string of the molecule is O=C(c1cccc(-c2ccccc2CC(c2cccnc2)c2cccnc2)c1)N1CCOCC1. The van der Waals surface area contributed by atoms with Gasteiger partial charge in [0.2, 0.25) is 0 Å². The fourth-order valence-corrected chi connectivity index (χ4v) is 4.56. The summed E-state index contributed by atoms with van der Waals surface area (Å²) in [6.45, 7) is 2.46. The molecule has 1 aliphatic rings. The van der Waals surface area contributed by atoms with Gasteiger partial charge in [0.05, 0.1) is 13.2 Å². The summed E-state index contributed by atoms with van der Waals surface area (Å²) in [5.74, 6) is 0.188. The highest BCUT2D eigenvalue weighted by atomic mass is 16.5. The van der Waals surface area contributed by atoms with Crippen LogP contribution in [0.1, 0.15) is 33.0 Å². The number of aromatic nitrogens is 2. The molecule has 5 nitrogen and oxygen atoms in total. The molecule has 4 aromatic rings. The molecule has 3 heterocycles. The van der Waals surface area contributed by atoms with Crippen molar-refractivity contribution in [1.82, 2.24) is 14.9 Å². The smallest absolute Gasteiger partial charge is 0.254 e. The minimum atomic E-state index is 0.0613. The van der Waals surface area contributed by atoms with Gasteiger partial charge in [0.1, 0.15) is 0 Å². The van der Waals surface area contributed by atoms with E-state index in [1.807, 2.05) is 47.6 Å². The summed E-state index contributed by atoms with van der Waals surface area (Å²) in [6, 6.07) is 24.6. The average Bonchev–Trinajstić information content (AvgIpc) is 2.93. The van der Waals surface area contributed by atoms with Crippen molar-refractivity contribution in [2.24, 2.45) is 0 Å². The lowest BCUT2D eigenvalue weighted by atomic mass is 9.85. The number of hydrogen-bond acceptors (Lipinski definition) is 4. The van der Waals surface area contributed by atoms with Crippen molar-refractivity contribution in [1.29, 1.82) is 0 Å². The number of ether oxygens (including phenoxy) is 1. The quantitative estimate of drug-likeness (QED) is 0.416. The van der Waals surface area contributed by atoms with E-state index in [2.05, 4.69) is 52.4 Å². The lowest BCUT2D eigenvalue weighted by molar-refractivity contribution is 0.0303. The van der Waals surface area contributed by atoms with Gasteiger partial charge in [-0.2, -0.15) is 0 Å². The molecule has 170 valence electrons. The Bertz CT molecular complexity index is 1200. The Morgan fingerprint density at radius 1 is 0.853 bits per heavy atom. The number of amides is 1. The second kappa shape index (κ2) is 10.4. The maximum atomic E-state index is 13.1. The third-order valence-corrected chi connectivity index (χ3v) is 6.33. The number of rotatable bonds is 6. The Morgan fingerprint density at radius 2 is 1.56 bits per heavy atom. The van der Waals surface area contributed by atoms with E-state index in [0.29, 0.717) is 31.9 Å². The van der Waals surface area contributed by atoms with Gasteiger partial charge in [-0.25, -0.2) is 0 Å². The zero-order valence-electron chi connectivity index (χ0n) is 19.0. The molecule has 0 bridgehead atoms. The van der Waals surface area contributed by atoms with Crippen LogP contribution in [0.3, 0.4) is 0 Å². The third kappa shape index (κ3) is 4.90. The van der Waals surface area contributed by atoms with Crippen LogP contribution in [-0.2, 0) is 11.2 Å². The van der Waals surface area contributed by atoms with Gasteiger partial charge in [-0.3, -0.25) is 14.8 Å². The summed E-state index contributed by atoms with van der Waals surface area (Å²) < 4.78 is 5.40. The number of nitrogens with zero attached hydrogens (tertiary/aromatic N) is 3. The first-order valence-electron chi connectivity index (χ1n) is 11.6. The lowest BCUT2D eigenvalue weighted by Crippen LogP contribution is -2.40. The van der Waals surface area contributed by atoms with Crippen LogP contribution < -0.4 is 0 Å². The van der Waals surface area contributed by atoms with Gasteiger partial charge in [0.25, 0.3) is 5.91 Å². The van der Waals surface area contributed by atoms with E-state index >= 15 is 0 Å². The van der Waals surface area contributed by atoms with Crippen molar-refractivity contribution in [3.8, 4) is 11.1 Å². The van der Waals surface area contributed by atoms with Gasteiger partial charge in [-0.1, -0.05) is 48.5 Å². The highest BCUT2D eigenvalue weighted by Crippen LogP contribution is 2.32. The Kier molecular flexibility index (Phi) is 6.73. The zero-order chi connectivity index (χ0) is 23.2. The highest BCUT2D eigenvalue weighted by Gasteiger charge is 2.20. The minimum Gasteiger partial charge on any atom is -0.378 e. The molecule has 0 unspecified atom stereocenters. The van der Waals surface area contributed by atoms with E-state index in [1.165, 1.54) is 5.56 Å². The molecular formula is C29H27N3O2. The second-order valence-electron chi connectivity index (χ2n) is 8.47. The summed E-state index contributed by atoms with van der Waals surface area (Å²) in [6.07, 6.45) is 8.27. The van der Waals surface area contributed by atoms with Gasteiger partial charge in [0.15, 0.2) is 0 Å². The molecule has 1 fully saturated rings. The van der Waals surface area contributed by atoms with Crippen LogP contribution >= 0.6 is 0 Å². The summed E-state index contributed by atoms with van der Waals surface area (Å²) in [7, 11) is 0. The third-order valence-electron chi connectivity index (χ3n) is 6.33. The van der Waals surface area contributed by atoms with Gasteiger partial charge in [0, 0.05) is 49.4 Å². The van der Waals surface area contributed by atoms with Crippen LogP contribution in [0, 0.1) is 0 Å². The number of carbonyl (C=O) groups excluding carboxylic acids is 1. The van der Waals surface area contributed by atoms with Crippen LogP contribution in [-0.4, -0.2) is 47.1 Å². The van der Waals surface area contributed by atoms with E-state index in [1.54, 1.807) is 12.4 Å². The van der Waals surface area contributed by atoms with Gasteiger partial charge in [-0.05, 0) is 58.5 Å². The first-order valence-corrected chi connectivity index (χ1v) is 11.6. The van der Waals surface area contributed by atoms with E-state index in [9.17, 15) is 4.79 Å². The van der Waals surface area contributed by atoms with Crippen molar-refractivity contribution in [3.63, 3.8) is 0 Å². The van der Waals surface area contributed by atoms with E-state index in [4.69, 9.17) is 4.74 Å². The van der Waals surface area contributed by atoms with Gasteiger partial charge in [-0.15, -0.1) is 0 Å². The van der Waals surface area contributed by atoms with Crippen molar-refractivity contribution in [3.05, 3.63) is 120 Å². The first-order chi connectivity index (χ1) is 16.8. The topological polar surface area (TPSA) is 55.3 Å². The zero-order valence-corrected chi connectivity index (χ0v) is 19.0. The van der Waals surface area contributed by atoms with Gasteiger partial charge < -0.3 is 9.64 Å². The predicted octanol–water partition coefficient (Wildman–Crippen LogP) is 4.99. The van der Waals surface area contributed by atoms with Crippen molar-refractivity contribution in [2.75, 3.05) is 26.3 Å². The van der Waals surface area contributed by atoms with Crippen LogP contribution in [0.15, 0.2) is 97.6 Å². The molecule has 0 spiro atoms. The number of carbonyl (C=O) groups is 1. The highest BCUT2D eigenvalue weighted by molar-refractivity contribution is 5.95. The van der Waals surface area contributed by atoms with Gasteiger partial charge >= 0.3 is 0 Å².